The molecule has 0 bridgehead atoms. The molecule has 2 rings (SSSR count). The van der Waals surface area contributed by atoms with Crippen molar-refractivity contribution in [3.8, 4) is 5.75 Å². The van der Waals surface area contributed by atoms with Gasteiger partial charge in [-0.1, -0.05) is 23.8 Å². The number of alkyl halides is 4. The van der Waals surface area contributed by atoms with Crippen LogP contribution in [-0.2, 0) is 11.3 Å². The zero-order valence-corrected chi connectivity index (χ0v) is 14.1. The van der Waals surface area contributed by atoms with Crippen LogP contribution in [0.25, 0.3) is 0 Å². The molecule has 0 radical (unpaired) electrons. The molecule has 0 aliphatic carbocycles. The number of carbonyl (C=O) groups excluding carboxylic acids is 1. The van der Waals surface area contributed by atoms with Crippen LogP contribution in [0.3, 0.4) is 0 Å². The van der Waals surface area contributed by atoms with Crippen LogP contribution in [0.5, 0.6) is 5.75 Å². The molecule has 1 N–H and O–H groups in total. The Labute approximate surface area is 147 Å². The topological polar surface area (TPSA) is 47.6 Å². The second kappa shape index (κ2) is 8.55. The van der Waals surface area contributed by atoms with Gasteiger partial charge in [0.2, 0.25) is 0 Å². The van der Waals surface area contributed by atoms with Gasteiger partial charge in [-0.05, 0) is 37.6 Å². The Kier molecular flexibility index (Phi) is 6.43. The Morgan fingerprint density at radius 2 is 1.81 bits per heavy atom. The van der Waals surface area contributed by atoms with E-state index in [0.717, 1.165) is 23.3 Å². The van der Waals surface area contributed by atoms with E-state index in [1.54, 1.807) is 6.07 Å². The van der Waals surface area contributed by atoms with E-state index < -0.39 is 19.1 Å². The zero-order valence-electron chi connectivity index (χ0n) is 14.1. The molecular formula is C18H17F4NO3. The molecule has 0 aliphatic heterocycles. The van der Waals surface area contributed by atoms with E-state index in [0.29, 0.717) is 5.75 Å². The first kappa shape index (κ1) is 19.6. The molecule has 8 heteroatoms. The number of amides is 1. The van der Waals surface area contributed by atoms with Crippen molar-refractivity contribution in [2.45, 2.75) is 33.5 Å². The van der Waals surface area contributed by atoms with Crippen molar-refractivity contribution in [1.82, 2.24) is 0 Å². The molecular weight excluding hydrogens is 354 g/mol. The molecule has 0 unspecified atom stereocenters. The lowest BCUT2D eigenvalue weighted by atomic mass is 10.1. The summed E-state index contributed by atoms with van der Waals surface area (Å²) in [5.41, 5.74) is 1.85. The average Bonchev–Trinajstić information content (AvgIpc) is 2.54. The summed E-state index contributed by atoms with van der Waals surface area (Å²) in [6.07, 6.45) is -4.12. The van der Waals surface area contributed by atoms with Gasteiger partial charge in [0.1, 0.15) is 12.4 Å². The highest BCUT2D eigenvalue weighted by Crippen LogP contribution is 2.27. The predicted octanol–water partition coefficient (Wildman–Crippen LogP) is 5.59. The Hall–Kier alpha value is -2.77. The summed E-state index contributed by atoms with van der Waals surface area (Å²) in [6, 6.07) is 8.88. The lowest BCUT2D eigenvalue weighted by Crippen LogP contribution is -2.18. The first-order valence-electron chi connectivity index (χ1n) is 7.63. The van der Waals surface area contributed by atoms with E-state index in [2.05, 4.69) is 10.1 Å². The molecule has 1 amide bonds. The van der Waals surface area contributed by atoms with E-state index in [-0.39, 0.29) is 23.4 Å². The molecule has 2 aromatic rings. The maximum atomic E-state index is 12.9. The van der Waals surface area contributed by atoms with Gasteiger partial charge >= 0.3 is 12.7 Å². The number of hydrogen-bond acceptors (Lipinski definition) is 3. The van der Waals surface area contributed by atoms with Crippen LogP contribution in [0.2, 0.25) is 0 Å². The van der Waals surface area contributed by atoms with Crippen molar-refractivity contribution >= 4 is 11.8 Å². The number of nitrogens with one attached hydrogen (secondary N) is 1. The van der Waals surface area contributed by atoms with E-state index in [4.69, 9.17) is 4.74 Å². The number of carbonyl (C=O) groups is 1. The highest BCUT2D eigenvalue weighted by molar-refractivity contribution is 5.85. The van der Waals surface area contributed by atoms with Gasteiger partial charge in [0.15, 0.2) is 0 Å². The fourth-order valence-electron chi connectivity index (χ4n) is 2.33. The predicted molar refractivity (Wildman–Crippen MR) is 87.8 cm³/mol. The minimum atomic E-state index is -3.29. The summed E-state index contributed by atoms with van der Waals surface area (Å²) in [5, 5.41) is 2.10. The number of benzene rings is 2. The fourth-order valence-corrected chi connectivity index (χ4v) is 2.33. The third kappa shape index (κ3) is 5.37. The van der Waals surface area contributed by atoms with Crippen LogP contribution in [0.15, 0.2) is 36.4 Å². The van der Waals surface area contributed by atoms with Gasteiger partial charge in [-0.15, -0.1) is 0 Å². The van der Waals surface area contributed by atoms with Crippen molar-refractivity contribution in [3.63, 3.8) is 0 Å². The van der Waals surface area contributed by atoms with E-state index >= 15 is 0 Å². The highest BCUT2D eigenvalue weighted by Gasteiger charge is 2.16. The Morgan fingerprint density at radius 3 is 2.42 bits per heavy atom. The zero-order chi connectivity index (χ0) is 19.3. The van der Waals surface area contributed by atoms with Gasteiger partial charge in [-0.3, -0.25) is 5.32 Å². The summed E-state index contributed by atoms with van der Waals surface area (Å²) in [5.74, 6) is 0.541. The van der Waals surface area contributed by atoms with Gasteiger partial charge in [0.05, 0.1) is 5.69 Å². The maximum Gasteiger partial charge on any atom is 0.416 e. The first-order chi connectivity index (χ1) is 12.3. The molecule has 140 valence electrons. The molecule has 0 heterocycles. The molecule has 0 saturated carbocycles. The smallest absolute Gasteiger partial charge is 0.416 e. The summed E-state index contributed by atoms with van der Waals surface area (Å²) < 4.78 is 59.4. The molecule has 0 spiro atoms. The molecule has 0 aromatic heterocycles. The van der Waals surface area contributed by atoms with Crippen LogP contribution >= 0.6 is 0 Å². The molecule has 0 atom stereocenters. The first-order valence-corrected chi connectivity index (χ1v) is 7.63. The number of rotatable bonds is 6. The van der Waals surface area contributed by atoms with Crippen molar-refractivity contribution in [1.29, 1.82) is 0 Å². The summed E-state index contributed by atoms with van der Waals surface area (Å²) in [7, 11) is 0. The van der Waals surface area contributed by atoms with Crippen molar-refractivity contribution in [3.05, 3.63) is 58.7 Å². The maximum absolute atomic E-state index is 12.9. The fraction of sp³-hybridized carbons (Fsp3) is 0.278. The average molecular weight is 371 g/mol. The Bertz CT molecular complexity index is 781. The number of anilines is 1. The van der Waals surface area contributed by atoms with Gasteiger partial charge in [0, 0.05) is 11.1 Å². The van der Waals surface area contributed by atoms with Crippen LogP contribution in [0.1, 0.15) is 28.7 Å². The van der Waals surface area contributed by atoms with Gasteiger partial charge < -0.3 is 9.47 Å². The third-order valence-corrected chi connectivity index (χ3v) is 3.53. The van der Waals surface area contributed by atoms with Crippen LogP contribution in [-0.4, -0.2) is 12.7 Å². The lowest BCUT2D eigenvalue weighted by Gasteiger charge is -2.15. The molecule has 0 saturated heterocycles. The van der Waals surface area contributed by atoms with E-state index in [9.17, 15) is 22.4 Å². The number of ether oxygens (including phenoxy) is 2. The SMILES string of the molecule is Cc1ccc(OCc2cc(C(F)F)ccc2NC(=O)OC(F)F)c(C)c1. The minimum Gasteiger partial charge on any atom is -0.489 e. The molecule has 0 fully saturated rings. The number of aryl methyl sites for hydroxylation is 2. The van der Waals surface area contributed by atoms with Crippen LogP contribution < -0.4 is 10.1 Å². The summed E-state index contributed by atoms with van der Waals surface area (Å²) >= 11 is 0. The largest absolute Gasteiger partial charge is 0.489 e. The Morgan fingerprint density at radius 1 is 1.08 bits per heavy atom. The quantitative estimate of drug-likeness (QED) is 0.673. The number of halogens is 4. The molecule has 2 aromatic carbocycles. The number of hydrogen-bond donors (Lipinski definition) is 1. The second-order valence-corrected chi connectivity index (χ2v) is 5.57. The standard InChI is InChI=1S/C18H17F4NO3/c1-10-3-6-15(11(2)7-10)25-9-13-8-12(16(19)20)4-5-14(13)23-18(24)26-17(21)22/h3-8,16-17H,9H2,1-2H3,(H,23,24). The summed E-state index contributed by atoms with van der Waals surface area (Å²) in [6.45, 7) is 0.316. The highest BCUT2D eigenvalue weighted by atomic mass is 19.3. The normalized spacial score (nSPS) is 10.9. The minimum absolute atomic E-state index is 0.0461. The van der Waals surface area contributed by atoms with E-state index in [1.807, 2.05) is 26.0 Å². The van der Waals surface area contributed by atoms with Crippen molar-refractivity contribution in [2.75, 3.05) is 5.32 Å². The van der Waals surface area contributed by atoms with Gasteiger partial charge in [0.25, 0.3) is 6.43 Å². The second-order valence-electron chi connectivity index (χ2n) is 5.57. The van der Waals surface area contributed by atoms with Crippen molar-refractivity contribution < 1.29 is 31.8 Å². The summed E-state index contributed by atoms with van der Waals surface area (Å²) in [4.78, 5) is 11.4. The van der Waals surface area contributed by atoms with Gasteiger partial charge in [-0.2, -0.15) is 8.78 Å². The molecule has 26 heavy (non-hydrogen) atoms. The monoisotopic (exact) mass is 371 g/mol. The van der Waals surface area contributed by atoms with E-state index in [1.165, 1.54) is 6.07 Å². The molecule has 4 nitrogen and oxygen atoms in total. The molecule has 0 aliphatic rings. The van der Waals surface area contributed by atoms with Crippen LogP contribution in [0.4, 0.5) is 28.0 Å². The van der Waals surface area contributed by atoms with Gasteiger partial charge in [-0.25, -0.2) is 13.6 Å². The Balaban J connectivity index is 2.22. The van der Waals surface area contributed by atoms with Crippen LogP contribution in [0, 0.1) is 13.8 Å². The van der Waals surface area contributed by atoms with Crippen molar-refractivity contribution in [2.24, 2.45) is 0 Å². The third-order valence-electron chi connectivity index (χ3n) is 3.53. The lowest BCUT2D eigenvalue weighted by molar-refractivity contribution is -0.0766.